The number of aliphatic hydroxyl groups excluding tert-OH is 2. The Labute approximate surface area is 399 Å². The third-order valence-corrected chi connectivity index (χ3v) is 13.6. The van der Waals surface area contributed by atoms with Gasteiger partial charge >= 0.3 is 5.97 Å². The van der Waals surface area contributed by atoms with Crippen molar-refractivity contribution in [2.75, 3.05) is 13.2 Å². The van der Waals surface area contributed by atoms with E-state index in [2.05, 4.69) is 31.3 Å². The lowest BCUT2D eigenvalue weighted by molar-refractivity contribution is -0.143. The van der Waals surface area contributed by atoms with Gasteiger partial charge in [-0.15, -0.1) is 0 Å². The highest BCUT2D eigenvalue weighted by Crippen LogP contribution is 2.17. The van der Waals surface area contributed by atoms with E-state index in [0.717, 1.165) is 51.4 Å². The van der Waals surface area contributed by atoms with E-state index < -0.39 is 12.1 Å². The van der Waals surface area contributed by atoms with Crippen LogP contribution >= 0.6 is 0 Å². The number of ether oxygens (including phenoxy) is 1. The maximum atomic E-state index is 12.5. The predicted molar refractivity (Wildman–Crippen MR) is 278 cm³/mol. The first-order valence-corrected chi connectivity index (χ1v) is 28.9. The molecule has 0 aliphatic carbocycles. The third kappa shape index (κ3) is 50.0. The molecule has 0 aromatic rings. The minimum absolute atomic E-state index is 0.00104. The van der Waals surface area contributed by atoms with Crippen LogP contribution in [0.5, 0.6) is 0 Å². The fraction of sp³-hybridized carbons (Fsp3) is 0.931. The zero-order valence-electron chi connectivity index (χ0n) is 43.3. The second-order valence-corrected chi connectivity index (χ2v) is 20.0. The Balaban J connectivity index is 3.44. The van der Waals surface area contributed by atoms with Crippen molar-refractivity contribution in [3.8, 4) is 0 Å². The van der Waals surface area contributed by atoms with Crippen LogP contribution in [0.15, 0.2) is 12.2 Å². The highest BCUT2D eigenvalue weighted by Gasteiger charge is 2.20. The Hall–Kier alpha value is -1.40. The first-order chi connectivity index (χ1) is 31.5. The van der Waals surface area contributed by atoms with Gasteiger partial charge in [-0.3, -0.25) is 9.59 Å². The van der Waals surface area contributed by atoms with Gasteiger partial charge in [0, 0.05) is 12.8 Å². The summed E-state index contributed by atoms with van der Waals surface area (Å²) in [6.07, 6.45) is 63.4. The highest BCUT2D eigenvalue weighted by atomic mass is 16.5. The third-order valence-electron chi connectivity index (χ3n) is 13.6. The molecule has 64 heavy (non-hydrogen) atoms. The molecule has 0 aromatic heterocycles. The van der Waals surface area contributed by atoms with E-state index in [1.165, 1.54) is 238 Å². The molecule has 0 saturated carbocycles. The van der Waals surface area contributed by atoms with E-state index in [9.17, 15) is 19.8 Å². The smallest absolute Gasteiger partial charge is 0.305 e. The highest BCUT2D eigenvalue weighted by molar-refractivity contribution is 5.76. The molecule has 0 heterocycles. The van der Waals surface area contributed by atoms with Crippen molar-refractivity contribution in [1.82, 2.24) is 5.32 Å². The average molecular weight is 905 g/mol. The molecule has 380 valence electrons. The first kappa shape index (κ1) is 62.6. The van der Waals surface area contributed by atoms with Gasteiger partial charge in [-0.2, -0.15) is 0 Å². The number of esters is 1. The van der Waals surface area contributed by atoms with E-state index in [4.69, 9.17) is 4.74 Å². The van der Waals surface area contributed by atoms with Crippen LogP contribution < -0.4 is 5.32 Å². The van der Waals surface area contributed by atoms with Gasteiger partial charge in [-0.1, -0.05) is 270 Å². The maximum absolute atomic E-state index is 12.5. The van der Waals surface area contributed by atoms with Crippen LogP contribution in [0, 0.1) is 0 Å². The number of carbonyl (C=O) groups excluding carboxylic acids is 2. The fourth-order valence-corrected chi connectivity index (χ4v) is 9.11. The van der Waals surface area contributed by atoms with E-state index >= 15 is 0 Å². The summed E-state index contributed by atoms with van der Waals surface area (Å²) in [5.74, 6) is -0.0436. The number of unbranched alkanes of at least 4 members (excludes halogenated alkanes) is 41. The molecule has 0 aromatic carbocycles. The molecule has 0 aliphatic heterocycles. The van der Waals surface area contributed by atoms with Crippen LogP contribution in [-0.4, -0.2) is 47.4 Å². The van der Waals surface area contributed by atoms with Gasteiger partial charge < -0.3 is 20.3 Å². The molecule has 3 N–H and O–H groups in total. The number of aliphatic hydroxyl groups is 2. The van der Waals surface area contributed by atoms with Crippen molar-refractivity contribution in [3.05, 3.63) is 12.2 Å². The van der Waals surface area contributed by atoms with E-state index in [-0.39, 0.29) is 18.5 Å². The standard InChI is InChI=1S/C58H113NO5/c1-3-5-7-9-11-13-15-17-19-23-26-30-34-38-42-46-50-56(61)55(54-60)59-57(62)51-47-43-39-35-31-27-24-21-20-22-25-29-33-37-41-45-49-53-64-58(63)52-48-44-40-36-32-28-18-16-14-12-10-8-6-4-2/h20,22,55-56,60-61H,3-19,21,23-54H2,1-2H3,(H,59,62)/b22-20-. The minimum Gasteiger partial charge on any atom is -0.466 e. The van der Waals surface area contributed by atoms with E-state index in [1.54, 1.807) is 0 Å². The zero-order chi connectivity index (χ0) is 46.5. The van der Waals surface area contributed by atoms with Crippen LogP contribution in [-0.2, 0) is 14.3 Å². The second kappa shape index (κ2) is 54.2. The number of rotatable bonds is 54. The summed E-state index contributed by atoms with van der Waals surface area (Å²) in [6, 6.07) is -0.549. The van der Waals surface area contributed by atoms with Crippen LogP contribution in [0.4, 0.5) is 0 Å². The molecule has 0 saturated heterocycles. The maximum Gasteiger partial charge on any atom is 0.305 e. The quantitative estimate of drug-likeness (QED) is 0.0321. The number of allylic oxidation sites excluding steroid dienone is 2. The van der Waals surface area contributed by atoms with Gasteiger partial charge in [0.05, 0.1) is 25.4 Å². The molecule has 0 fully saturated rings. The van der Waals surface area contributed by atoms with Crippen molar-refractivity contribution in [3.63, 3.8) is 0 Å². The van der Waals surface area contributed by atoms with Gasteiger partial charge in [0.15, 0.2) is 0 Å². The van der Waals surface area contributed by atoms with Crippen molar-refractivity contribution >= 4 is 11.9 Å². The first-order valence-electron chi connectivity index (χ1n) is 28.9. The Morgan fingerprint density at radius 2 is 0.734 bits per heavy atom. The summed E-state index contributed by atoms with van der Waals surface area (Å²) < 4.78 is 5.47. The summed E-state index contributed by atoms with van der Waals surface area (Å²) in [6.45, 7) is 4.95. The fourth-order valence-electron chi connectivity index (χ4n) is 9.11. The average Bonchev–Trinajstić information content (AvgIpc) is 3.29. The van der Waals surface area contributed by atoms with Gasteiger partial charge in [0.2, 0.25) is 5.91 Å². The molecule has 2 atom stereocenters. The summed E-state index contributed by atoms with van der Waals surface area (Å²) in [4.78, 5) is 24.5. The zero-order valence-corrected chi connectivity index (χ0v) is 43.3. The molecule has 6 heteroatoms. The SMILES string of the molecule is CCCCCCCCCCCCCCCCCCC(O)C(CO)NC(=O)CCCCCCCCC/C=C\CCCCCCCCOC(=O)CCCCCCCCCCCCCCCC. The Bertz CT molecular complexity index is 955. The summed E-state index contributed by atoms with van der Waals surface area (Å²) in [5.41, 5.74) is 0. The molecule has 0 aliphatic rings. The van der Waals surface area contributed by atoms with Crippen LogP contribution in [0.25, 0.3) is 0 Å². The van der Waals surface area contributed by atoms with Crippen LogP contribution in [0.1, 0.15) is 322 Å². The predicted octanol–water partition coefficient (Wildman–Crippen LogP) is 17.7. The number of carbonyl (C=O) groups is 2. The van der Waals surface area contributed by atoms with E-state index in [0.29, 0.717) is 25.9 Å². The van der Waals surface area contributed by atoms with Crippen molar-refractivity contribution in [2.24, 2.45) is 0 Å². The van der Waals surface area contributed by atoms with E-state index in [1.807, 2.05) is 0 Å². The molecular weight excluding hydrogens is 791 g/mol. The molecular formula is C58H113NO5. The molecule has 0 spiro atoms. The number of hydrogen-bond acceptors (Lipinski definition) is 5. The summed E-state index contributed by atoms with van der Waals surface area (Å²) >= 11 is 0. The Kier molecular flexibility index (Phi) is 53.0. The number of amides is 1. The van der Waals surface area contributed by atoms with Crippen molar-refractivity contribution in [2.45, 2.75) is 334 Å². The topological polar surface area (TPSA) is 95.9 Å². The van der Waals surface area contributed by atoms with Gasteiger partial charge in [0.1, 0.15) is 0 Å². The lowest BCUT2D eigenvalue weighted by Gasteiger charge is -2.22. The Morgan fingerprint density at radius 1 is 0.422 bits per heavy atom. The largest absolute Gasteiger partial charge is 0.466 e. The lowest BCUT2D eigenvalue weighted by Crippen LogP contribution is -2.45. The molecule has 0 rings (SSSR count). The molecule has 0 radical (unpaired) electrons. The Morgan fingerprint density at radius 3 is 1.11 bits per heavy atom. The van der Waals surface area contributed by atoms with Crippen molar-refractivity contribution in [1.29, 1.82) is 0 Å². The second-order valence-electron chi connectivity index (χ2n) is 20.0. The van der Waals surface area contributed by atoms with Gasteiger partial charge in [-0.25, -0.2) is 0 Å². The molecule has 2 unspecified atom stereocenters. The van der Waals surface area contributed by atoms with Crippen LogP contribution in [0.2, 0.25) is 0 Å². The molecule has 1 amide bonds. The lowest BCUT2D eigenvalue weighted by atomic mass is 10.0. The number of hydrogen-bond donors (Lipinski definition) is 3. The summed E-state index contributed by atoms with van der Waals surface area (Å²) in [5, 5.41) is 23.3. The van der Waals surface area contributed by atoms with Gasteiger partial charge in [0.25, 0.3) is 0 Å². The molecule has 6 nitrogen and oxygen atoms in total. The minimum atomic E-state index is -0.671. The molecule has 0 bridgehead atoms. The van der Waals surface area contributed by atoms with Crippen LogP contribution in [0.3, 0.4) is 0 Å². The number of nitrogens with one attached hydrogen (secondary N) is 1. The summed E-state index contributed by atoms with van der Waals surface area (Å²) in [7, 11) is 0. The monoisotopic (exact) mass is 904 g/mol. The normalized spacial score (nSPS) is 12.6. The van der Waals surface area contributed by atoms with Gasteiger partial charge in [-0.05, 0) is 51.4 Å². The van der Waals surface area contributed by atoms with Crippen molar-refractivity contribution < 1.29 is 24.5 Å².